The SMILES string of the molecule is CC(C)/C=C(\N)C(=O)O.O=C(O)C(F)(F)F. The molecule has 0 amide bonds. The highest BCUT2D eigenvalue weighted by molar-refractivity contribution is 5.85. The third-order valence-corrected chi connectivity index (χ3v) is 1.00. The molecule has 0 saturated heterocycles. The van der Waals surface area contributed by atoms with Crippen molar-refractivity contribution in [3.05, 3.63) is 11.8 Å². The van der Waals surface area contributed by atoms with Crippen molar-refractivity contribution in [1.82, 2.24) is 0 Å². The lowest BCUT2D eigenvalue weighted by Crippen LogP contribution is -2.21. The lowest BCUT2D eigenvalue weighted by molar-refractivity contribution is -0.192. The summed E-state index contributed by atoms with van der Waals surface area (Å²) in [5.74, 6) is -3.61. The van der Waals surface area contributed by atoms with E-state index in [9.17, 15) is 18.0 Å². The van der Waals surface area contributed by atoms with E-state index < -0.39 is 18.1 Å². The largest absolute Gasteiger partial charge is 0.490 e. The maximum Gasteiger partial charge on any atom is 0.490 e. The summed E-state index contributed by atoms with van der Waals surface area (Å²) in [5.41, 5.74) is 5.00. The van der Waals surface area contributed by atoms with Gasteiger partial charge < -0.3 is 15.9 Å². The van der Waals surface area contributed by atoms with Gasteiger partial charge in [0.1, 0.15) is 5.70 Å². The highest BCUT2D eigenvalue weighted by Gasteiger charge is 2.38. The standard InChI is InChI=1S/C6H11NO2.C2HF3O2/c1-4(2)3-5(7)6(8)9;3-2(4,5)1(6)7/h3-4H,7H2,1-2H3,(H,8,9);(H,6,7)/b5-3-;. The molecule has 0 aromatic heterocycles. The summed E-state index contributed by atoms with van der Waals surface area (Å²) in [4.78, 5) is 18.9. The Morgan fingerprint density at radius 3 is 1.62 bits per heavy atom. The topological polar surface area (TPSA) is 101 Å². The van der Waals surface area contributed by atoms with Crippen LogP contribution >= 0.6 is 0 Å². The highest BCUT2D eigenvalue weighted by Crippen LogP contribution is 2.13. The summed E-state index contributed by atoms with van der Waals surface area (Å²) in [6.07, 6.45) is -3.58. The van der Waals surface area contributed by atoms with Crippen LogP contribution in [0.15, 0.2) is 11.8 Å². The van der Waals surface area contributed by atoms with Crippen molar-refractivity contribution in [2.45, 2.75) is 20.0 Å². The number of carboxylic acids is 2. The van der Waals surface area contributed by atoms with E-state index in [0.717, 1.165) is 0 Å². The zero-order chi connectivity index (χ0) is 13.5. The van der Waals surface area contributed by atoms with Crippen LogP contribution in [0.1, 0.15) is 13.8 Å². The smallest absolute Gasteiger partial charge is 0.477 e. The number of hydrogen-bond donors (Lipinski definition) is 3. The number of hydrogen-bond acceptors (Lipinski definition) is 3. The van der Waals surface area contributed by atoms with Crippen molar-refractivity contribution in [1.29, 1.82) is 0 Å². The van der Waals surface area contributed by atoms with E-state index in [1.54, 1.807) is 0 Å². The Balaban J connectivity index is 0. The fraction of sp³-hybridized carbons (Fsp3) is 0.500. The van der Waals surface area contributed by atoms with Gasteiger partial charge in [-0.25, -0.2) is 9.59 Å². The molecule has 4 N–H and O–H groups in total. The predicted molar refractivity (Wildman–Crippen MR) is 48.4 cm³/mol. The second-order valence-electron chi connectivity index (χ2n) is 2.97. The van der Waals surface area contributed by atoms with Gasteiger partial charge in [-0.15, -0.1) is 0 Å². The molecule has 0 aromatic carbocycles. The van der Waals surface area contributed by atoms with Crippen molar-refractivity contribution < 1.29 is 33.0 Å². The molecule has 5 nitrogen and oxygen atoms in total. The maximum absolute atomic E-state index is 10.6. The molecular weight excluding hydrogens is 231 g/mol. The fourth-order valence-corrected chi connectivity index (χ4v) is 0.430. The molecule has 0 fully saturated rings. The Labute approximate surface area is 89.4 Å². The number of carboxylic acid groups (broad SMARTS) is 2. The molecule has 0 heterocycles. The number of halogens is 3. The minimum atomic E-state index is -5.08. The molecule has 0 saturated carbocycles. The van der Waals surface area contributed by atoms with E-state index in [1.807, 2.05) is 13.8 Å². The molecule has 94 valence electrons. The molecule has 0 rings (SSSR count). The average Bonchev–Trinajstić information content (AvgIpc) is 2.01. The van der Waals surface area contributed by atoms with Gasteiger partial charge in [0, 0.05) is 0 Å². The van der Waals surface area contributed by atoms with Crippen molar-refractivity contribution in [2.24, 2.45) is 11.7 Å². The number of nitrogens with two attached hydrogens (primary N) is 1. The Morgan fingerprint density at radius 1 is 1.25 bits per heavy atom. The molecule has 0 spiro atoms. The van der Waals surface area contributed by atoms with Gasteiger partial charge in [-0.05, 0) is 5.92 Å². The second kappa shape index (κ2) is 6.70. The van der Waals surface area contributed by atoms with Gasteiger partial charge in [0.15, 0.2) is 0 Å². The highest BCUT2D eigenvalue weighted by atomic mass is 19.4. The number of allylic oxidation sites excluding steroid dienone is 1. The molecule has 0 bridgehead atoms. The van der Waals surface area contributed by atoms with Crippen molar-refractivity contribution in [3.8, 4) is 0 Å². The number of aliphatic carboxylic acids is 2. The van der Waals surface area contributed by atoms with Gasteiger partial charge in [0.2, 0.25) is 0 Å². The number of alkyl halides is 3. The molecule has 0 atom stereocenters. The van der Waals surface area contributed by atoms with Gasteiger partial charge in [0.25, 0.3) is 0 Å². The molecule has 8 heteroatoms. The Hall–Kier alpha value is -1.73. The first kappa shape index (κ1) is 16.7. The lowest BCUT2D eigenvalue weighted by atomic mass is 10.2. The molecule has 0 unspecified atom stereocenters. The van der Waals surface area contributed by atoms with Crippen LogP contribution < -0.4 is 5.73 Å². The van der Waals surface area contributed by atoms with Crippen LogP contribution in [0.25, 0.3) is 0 Å². The van der Waals surface area contributed by atoms with Gasteiger partial charge >= 0.3 is 18.1 Å². The van der Waals surface area contributed by atoms with E-state index >= 15 is 0 Å². The molecule has 16 heavy (non-hydrogen) atoms. The van der Waals surface area contributed by atoms with Crippen LogP contribution in [0.3, 0.4) is 0 Å². The van der Waals surface area contributed by atoms with E-state index in [0.29, 0.717) is 0 Å². The van der Waals surface area contributed by atoms with Crippen molar-refractivity contribution in [2.75, 3.05) is 0 Å². The quantitative estimate of drug-likeness (QED) is 0.632. The third kappa shape index (κ3) is 10.4. The summed E-state index contributed by atoms with van der Waals surface area (Å²) in [6.45, 7) is 3.74. The van der Waals surface area contributed by atoms with Crippen molar-refractivity contribution >= 4 is 11.9 Å². The first-order valence-electron chi connectivity index (χ1n) is 3.99. The summed E-state index contributed by atoms with van der Waals surface area (Å²) in [6, 6.07) is 0. The van der Waals surface area contributed by atoms with Crippen LogP contribution in [0.4, 0.5) is 13.2 Å². The molecule has 0 aromatic rings. The third-order valence-electron chi connectivity index (χ3n) is 1.00. The van der Waals surface area contributed by atoms with Gasteiger partial charge in [-0.2, -0.15) is 13.2 Å². The second-order valence-corrected chi connectivity index (χ2v) is 2.97. The normalized spacial score (nSPS) is 11.8. The number of rotatable bonds is 2. The molecular formula is C8H12F3NO4. The predicted octanol–water partition coefficient (Wildman–Crippen LogP) is 1.20. The van der Waals surface area contributed by atoms with Crippen LogP contribution in [-0.2, 0) is 9.59 Å². The maximum atomic E-state index is 10.6. The molecule has 0 aliphatic rings. The molecule has 0 aliphatic carbocycles. The van der Waals surface area contributed by atoms with E-state index in [1.165, 1.54) is 6.08 Å². The minimum Gasteiger partial charge on any atom is -0.477 e. The fourth-order valence-electron chi connectivity index (χ4n) is 0.430. The Bertz CT molecular complexity index is 283. The van der Waals surface area contributed by atoms with Crippen LogP contribution in [-0.4, -0.2) is 28.3 Å². The molecule has 0 radical (unpaired) electrons. The molecule has 0 aliphatic heterocycles. The van der Waals surface area contributed by atoms with Crippen molar-refractivity contribution in [3.63, 3.8) is 0 Å². The first-order chi connectivity index (χ1) is 6.98. The first-order valence-corrected chi connectivity index (χ1v) is 3.99. The summed E-state index contributed by atoms with van der Waals surface area (Å²) < 4.78 is 31.7. The Morgan fingerprint density at radius 2 is 1.56 bits per heavy atom. The van der Waals surface area contributed by atoms with Gasteiger partial charge in [-0.3, -0.25) is 0 Å². The Kier molecular flexibility index (Phi) is 6.99. The average molecular weight is 243 g/mol. The zero-order valence-corrected chi connectivity index (χ0v) is 8.58. The number of carbonyl (C=O) groups is 2. The van der Waals surface area contributed by atoms with E-state index in [2.05, 4.69) is 0 Å². The monoisotopic (exact) mass is 243 g/mol. The van der Waals surface area contributed by atoms with Gasteiger partial charge in [-0.1, -0.05) is 19.9 Å². The summed E-state index contributed by atoms with van der Waals surface area (Å²) in [5, 5.41) is 15.4. The van der Waals surface area contributed by atoms with Gasteiger partial charge in [0.05, 0.1) is 0 Å². The van der Waals surface area contributed by atoms with Crippen LogP contribution in [0, 0.1) is 5.92 Å². The van der Waals surface area contributed by atoms with E-state index in [4.69, 9.17) is 20.7 Å². The zero-order valence-electron chi connectivity index (χ0n) is 8.58. The van der Waals surface area contributed by atoms with Crippen LogP contribution in [0.5, 0.6) is 0 Å². The lowest BCUT2D eigenvalue weighted by Gasteiger charge is -1.95. The van der Waals surface area contributed by atoms with E-state index in [-0.39, 0.29) is 11.6 Å². The minimum absolute atomic E-state index is 0.0787. The summed E-state index contributed by atoms with van der Waals surface area (Å²) in [7, 11) is 0. The summed E-state index contributed by atoms with van der Waals surface area (Å²) >= 11 is 0. The van der Waals surface area contributed by atoms with Crippen LogP contribution in [0.2, 0.25) is 0 Å².